The van der Waals surface area contributed by atoms with Gasteiger partial charge in [-0.25, -0.2) is 0 Å². The number of rotatable bonds is 5. The fourth-order valence-corrected chi connectivity index (χ4v) is 2.11. The number of methoxy groups -OCH3 is 1. The Labute approximate surface area is 94.3 Å². The van der Waals surface area contributed by atoms with Crippen molar-refractivity contribution in [3.8, 4) is 0 Å². The second-order valence-corrected chi connectivity index (χ2v) is 4.04. The molecule has 1 saturated heterocycles. The molecule has 0 aromatic carbocycles. The van der Waals surface area contributed by atoms with E-state index >= 15 is 0 Å². The smallest absolute Gasteiger partial charge is 0.326 e. The van der Waals surface area contributed by atoms with Gasteiger partial charge in [-0.05, 0) is 13.0 Å². The standard InChI is InChI=1S/C10H16ClNO3/c1-7(6-11)5-10(9(13)14)8(15-2)3-4-12-10/h8,12H,1,3-6H2,2H3,(H,13,14)/t8-,10?/m0/s1. The third kappa shape index (κ3) is 2.33. The predicted molar refractivity (Wildman–Crippen MR) is 58.3 cm³/mol. The molecule has 1 aliphatic rings. The van der Waals surface area contributed by atoms with E-state index in [4.69, 9.17) is 16.3 Å². The lowest BCUT2D eigenvalue weighted by Gasteiger charge is -2.30. The number of nitrogens with one attached hydrogen (secondary N) is 1. The van der Waals surface area contributed by atoms with Crippen LogP contribution in [0.15, 0.2) is 12.2 Å². The minimum atomic E-state index is -1.05. The Bertz CT molecular complexity index is 269. The average molecular weight is 234 g/mol. The summed E-state index contributed by atoms with van der Waals surface area (Å²) < 4.78 is 5.21. The quantitative estimate of drug-likeness (QED) is 0.550. The molecule has 0 aliphatic carbocycles. The minimum Gasteiger partial charge on any atom is -0.480 e. The summed E-state index contributed by atoms with van der Waals surface area (Å²) in [6.07, 6.45) is 0.679. The highest BCUT2D eigenvalue weighted by atomic mass is 35.5. The Balaban J connectivity index is 2.87. The zero-order chi connectivity index (χ0) is 11.5. The number of hydrogen-bond donors (Lipinski definition) is 2. The zero-order valence-electron chi connectivity index (χ0n) is 8.75. The van der Waals surface area contributed by atoms with Crippen LogP contribution in [0.1, 0.15) is 12.8 Å². The van der Waals surface area contributed by atoms with Crippen LogP contribution in [0.4, 0.5) is 0 Å². The first-order chi connectivity index (χ1) is 7.06. The Morgan fingerprint density at radius 3 is 2.93 bits per heavy atom. The van der Waals surface area contributed by atoms with Crippen LogP contribution >= 0.6 is 11.6 Å². The summed E-state index contributed by atoms with van der Waals surface area (Å²) in [7, 11) is 1.53. The summed E-state index contributed by atoms with van der Waals surface area (Å²) in [6, 6.07) is 0. The molecule has 0 bridgehead atoms. The normalized spacial score (nSPS) is 30.4. The molecular weight excluding hydrogens is 218 g/mol. The molecule has 0 spiro atoms. The van der Waals surface area contributed by atoms with E-state index in [-0.39, 0.29) is 12.0 Å². The van der Waals surface area contributed by atoms with E-state index in [1.165, 1.54) is 7.11 Å². The molecule has 4 nitrogen and oxygen atoms in total. The third-order valence-electron chi connectivity index (χ3n) is 2.78. The Morgan fingerprint density at radius 1 is 1.80 bits per heavy atom. The van der Waals surface area contributed by atoms with Crippen LogP contribution in [-0.2, 0) is 9.53 Å². The molecule has 0 aromatic rings. The molecule has 2 atom stereocenters. The van der Waals surface area contributed by atoms with E-state index in [9.17, 15) is 9.90 Å². The van der Waals surface area contributed by atoms with Crippen LogP contribution < -0.4 is 5.32 Å². The Kier molecular flexibility index (Phi) is 4.13. The van der Waals surface area contributed by atoms with Crippen molar-refractivity contribution in [2.45, 2.75) is 24.5 Å². The van der Waals surface area contributed by atoms with Gasteiger partial charge in [0.2, 0.25) is 0 Å². The number of ether oxygens (including phenoxy) is 1. The largest absolute Gasteiger partial charge is 0.480 e. The number of carboxylic acids is 1. The van der Waals surface area contributed by atoms with Gasteiger partial charge in [-0.3, -0.25) is 10.1 Å². The number of aliphatic carboxylic acids is 1. The third-order valence-corrected chi connectivity index (χ3v) is 3.16. The monoisotopic (exact) mass is 233 g/mol. The second kappa shape index (κ2) is 4.96. The summed E-state index contributed by atoms with van der Waals surface area (Å²) in [6.45, 7) is 4.38. The van der Waals surface area contributed by atoms with Crippen LogP contribution in [0.2, 0.25) is 0 Å². The molecule has 5 heteroatoms. The van der Waals surface area contributed by atoms with Crippen molar-refractivity contribution in [1.82, 2.24) is 5.32 Å². The molecule has 15 heavy (non-hydrogen) atoms. The highest BCUT2D eigenvalue weighted by Crippen LogP contribution is 2.29. The van der Waals surface area contributed by atoms with Crippen molar-refractivity contribution in [2.75, 3.05) is 19.5 Å². The van der Waals surface area contributed by atoms with Gasteiger partial charge in [0.25, 0.3) is 0 Å². The van der Waals surface area contributed by atoms with Crippen molar-refractivity contribution in [3.63, 3.8) is 0 Å². The lowest BCUT2D eigenvalue weighted by molar-refractivity contribution is -0.149. The zero-order valence-corrected chi connectivity index (χ0v) is 9.51. The first kappa shape index (κ1) is 12.5. The number of carbonyl (C=O) groups is 1. The van der Waals surface area contributed by atoms with Crippen LogP contribution in [0, 0.1) is 0 Å². The molecule has 86 valence electrons. The van der Waals surface area contributed by atoms with Crippen LogP contribution in [-0.4, -0.2) is 42.3 Å². The van der Waals surface area contributed by atoms with Gasteiger partial charge in [0.1, 0.15) is 5.54 Å². The molecule has 1 fully saturated rings. The van der Waals surface area contributed by atoms with Gasteiger partial charge in [0.05, 0.1) is 6.10 Å². The maximum absolute atomic E-state index is 11.3. The van der Waals surface area contributed by atoms with E-state index in [0.29, 0.717) is 25.0 Å². The summed E-state index contributed by atoms with van der Waals surface area (Å²) in [5.74, 6) is -0.634. The molecular formula is C10H16ClNO3. The van der Waals surface area contributed by atoms with Gasteiger partial charge < -0.3 is 9.84 Å². The predicted octanol–water partition coefficient (Wildman–Crippen LogP) is 1.00. The number of halogens is 1. The fourth-order valence-electron chi connectivity index (χ4n) is 2.01. The van der Waals surface area contributed by atoms with Gasteiger partial charge in [-0.15, -0.1) is 11.6 Å². The maximum atomic E-state index is 11.3. The van der Waals surface area contributed by atoms with E-state index in [1.54, 1.807) is 0 Å². The minimum absolute atomic E-state index is 0.271. The van der Waals surface area contributed by atoms with Crippen molar-refractivity contribution in [1.29, 1.82) is 0 Å². The Hall–Kier alpha value is -0.580. The Morgan fingerprint density at radius 2 is 2.47 bits per heavy atom. The highest BCUT2D eigenvalue weighted by Gasteiger charge is 2.49. The molecule has 1 aliphatic heterocycles. The number of hydrogen-bond acceptors (Lipinski definition) is 3. The van der Waals surface area contributed by atoms with Gasteiger partial charge in [-0.2, -0.15) is 0 Å². The molecule has 2 N–H and O–H groups in total. The van der Waals surface area contributed by atoms with Crippen LogP contribution in [0.3, 0.4) is 0 Å². The van der Waals surface area contributed by atoms with Crippen molar-refractivity contribution >= 4 is 17.6 Å². The molecule has 1 unspecified atom stereocenters. The number of alkyl halides is 1. The maximum Gasteiger partial charge on any atom is 0.326 e. The lowest BCUT2D eigenvalue weighted by Crippen LogP contribution is -2.55. The van der Waals surface area contributed by atoms with Gasteiger partial charge in [-0.1, -0.05) is 12.2 Å². The molecule has 0 aromatic heterocycles. The van der Waals surface area contributed by atoms with E-state index in [1.807, 2.05) is 0 Å². The average Bonchev–Trinajstić information content (AvgIpc) is 2.61. The summed E-state index contributed by atoms with van der Waals surface area (Å²) in [5.41, 5.74) is -0.351. The number of carboxylic acid groups (broad SMARTS) is 1. The topological polar surface area (TPSA) is 58.6 Å². The summed E-state index contributed by atoms with van der Waals surface area (Å²) in [5, 5.41) is 12.3. The summed E-state index contributed by atoms with van der Waals surface area (Å²) in [4.78, 5) is 11.3. The van der Waals surface area contributed by atoms with E-state index < -0.39 is 11.5 Å². The van der Waals surface area contributed by atoms with Crippen molar-refractivity contribution < 1.29 is 14.6 Å². The second-order valence-electron chi connectivity index (χ2n) is 3.78. The first-order valence-corrected chi connectivity index (χ1v) is 5.34. The van der Waals surface area contributed by atoms with Crippen molar-refractivity contribution in [2.24, 2.45) is 0 Å². The fraction of sp³-hybridized carbons (Fsp3) is 0.700. The summed E-state index contributed by atoms with van der Waals surface area (Å²) >= 11 is 5.63. The lowest BCUT2D eigenvalue weighted by atomic mass is 9.87. The van der Waals surface area contributed by atoms with E-state index in [2.05, 4.69) is 11.9 Å². The van der Waals surface area contributed by atoms with E-state index in [0.717, 1.165) is 0 Å². The van der Waals surface area contributed by atoms with Gasteiger partial charge >= 0.3 is 5.97 Å². The van der Waals surface area contributed by atoms with Crippen LogP contribution in [0.5, 0.6) is 0 Å². The SMILES string of the molecule is C=C(CCl)CC1(C(=O)O)NCC[C@@H]1OC. The molecule has 1 rings (SSSR count). The molecule has 0 radical (unpaired) electrons. The first-order valence-electron chi connectivity index (χ1n) is 4.80. The van der Waals surface area contributed by atoms with Gasteiger partial charge in [0.15, 0.2) is 0 Å². The van der Waals surface area contributed by atoms with Crippen molar-refractivity contribution in [3.05, 3.63) is 12.2 Å². The van der Waals surface area contributed by atoms with Crippen LogP contribution in [0.25, 0.3) is 0 Å². The van der Waals surface area contributed by atoms with Gasteiger partial charge in [0, 0.05) is 19.4 Å². The molecule has 0 saturated carbocycles. The highest BCUT2D eigenvalue weighted by molar-refractivity contribution is 6.19. The molecule has 1 heterocycles. The molecule has 0 amide bonds.